The van der Waals surface area contributed by atoms with Crippen molar-refractivity contribution in [3.63, 3.8) is 0 Å². The molecule has 2 unspecified atom stereocenters. The molecule has 0 bridgehead atoms. The van der Waals surface area contributed by atoms with E-state index in [0.29, 0.717) is 17.7 Å². The molecule has 0 saturated carbocycles. The monoisotopic (exact) mass is 353 g/mol. The number of amides is 1. The highest BCUT2D eigenvalue weighted by Crippen LogP contribution is 2.27. The lowest BCUT2D eigenvalue weighted by atomic mass is 9.82. The van der Waals surface area contributed by atoms with Gasteiger partial charge in [0, 0.05) is 6.42 Å². The van der Waals surface area contributed by atoms with E-state index in [2.05, 4.69) is 17.4 Å². The summed E-state index contributed by atoms with van der Waals surface area (Å²) in [7, 11) is 1.55. The Morgan fingerprint density at radius 1 is 1.15 bits per heavy atom. The van der Waals surface area contributed by atoms with Crippen molar-refractivity contribution in [3.8, 4) is 5.75 Å². The van der Waals surface area contributed by atoms with E-state index in [1.54, 1.807) is 31.4 Å². The van der Waals surface area contributed by atoms with Crippen LogP contribution in [0.3, 0.4) is 0 Å². The van der Waals surface area contributed by atoms with E-state index in [9.17, 15) is 14.7 Å². The Bertz CT molecular complexity index is 785. The number of carbonyl (C=O) groups excluding carboxylic acids is 1. The largest absolute Gasteiger partial charge is 0.497 e. The topological polar surface area (TPSA) is 75.6 Å². The normalized spacial score (nSPS) is 17.0. The average Bonchev–Trinajstić information content (AvgIpc) is 2.66. The molecule has 5 heteroatoms. The van der Waals surface area contributed by atoms with Gasteiger partial charge in [-0.05, 0) is 54.0 Å². The molecular weight excluding hydrogens is 330 g/mol. The van der Waals surface area contributed by atoms with Gasteiger partial charge in [-0.1, -0.05) is 36.4 Å². The fourth-order valence-corrected chi connectivity index (χ4v) is 3.51. The first-order valence-electron chi connectivity index (χ1n) is 8.79. The van der Waals surface area contributed by atoms with Crippen LogP contribution in [0, 0.1) is 5.92 Å². The summed E-state index contributed by atoms with van der Waals surface area (Å²) in [6, 6.07) is 14.0. The van der Waals surface area contributed by atoms with Crippen LogP contribution in [0.15, 0.2) is 48.5 Å². The number of rotatable bonds is 6. The van der Waals surface area contributed by atoms with Gasteiger partial charge in [0.2, 0.25) is 5.91 Å². The number of nitrogens with one attached hydrogen (secondary N) is 1. The summed E-state index contributed by atoms with van der Waals surface area (Å²) in [5.41, 5.74) is 3.17. The van der Waals surface area contributed by atoms with E-state index in [0.717, 1.165) is 19.3 Å². The van der Waals surface area contributed by atoms with Crippen LogP contribution in [0.1, 0.15) is 35.6 Å². The predicted molar refractivity (Wildman–Crippen MR) is 98.1 cm³/mol. The van der Waals surface area contributed by atoms with Gasteiger partial charge in [0.1, 0.15) is 5.75 Å². The minimum Gasteiger partial charge on any atom is -0.497 e. The van der Waals surface area contributed by atoms with Gasteiger partial charge in [0.05, 0.1) is 7.11 Å². The van der Waals surface area contributed by atoms with E-state index >= 15 is 0 Å². The van der Waals surface area contributed by atoms with Crippen molar-refractivity contribution in [1.82, 2.24) is 5.32 Å². The van der Waals surface area contributed by atoms with Crippen molar-refractivity contribution >= 4 is 11.9 Å². The highest BCUT2D eigenvalue weighted by molar-refractivity contribution is 5.84. The minimum absolute atomic E-state index is 0.224. The van der Waals surface area contributed by atoms with Gasteiger partial charge in [-0.2, -0.15) is 0 Å². The van der Waals surface area contributed by atoms with E-state index in [1.807, 2.05) is 12.1 Å². The van der Waals surface area contributed by atoms with Crippen LogP contribution in [-0.2, 0) is 22.4 Å². The summed E-state index contributed by atoms with van der Waals surface area (Å²) in [6.45, 7) is 0. The molecule has 1 amide bonds. The molecule has 0 heterocycles. The molecule has 1 aliphatic carbocycles. The Labute approximate surface area is 153 Å². The van der Waals surface area contributed by atoms with Gasteiger partial charge >= 0.3 is 5.97 Å². The van der Waals surface area contributed by atoms with Gasteiger partial charge in [-0.3, -0.25) is 4.79 Å². The Morgan fingerprint density at radius 3 is 2.50 bits per heavy atom. The molecule has 0 saturated heterocycles. The number of carbonyl (C=O) groups is 2. The molecule has 2 N–H and O–H groups in total. The third kappa shape index (κ3) is 4.23. The first kappa shape index (κ1) is 18.0. The second kappa shape index (κ2) is 8.04. The second-order valence-corrected chi connectivity index (χ2v) is 6.69. The van der Waals surface area contributed by atoms with Gasteiger partial charge in [-0.25, -0.2) is 4.79 Å². The fourth-order valence-electron chi connectivity index (χ4n) is 3.51. The van der Waals surface area contributed by atoms with Crippen molar-refractivity contribution < 1.29 is 19.4 Å². The molecular formula is C21H23NO4. The SMILES string of the molecule is COc1ccc(C(NC(=O)CC2CCc3ccccc3C2)C(=O)O)cc1. The van der Waals surface area contributed by atoms with Crippen LogP contribution in [0.4, 0.5) is 0 Å². The first-order valence-corrected chi connectivity index (χ1v) is 8.79. The maximum Gasteiger partial charge on any atom is 0.330 e. The standard InChI is InChI=1S/C21H23NO4/c1-26-18-10-8-16(9-11-18)20(21(24)25)22-19(23)13-14-6-7-15-4-2-3-5-17(15)12-14/h2-5,8-11,14,20H,6-7,12-13H2,1H3,(H,22,23)(H,24,25). The lowest BCUT2D eigenvalue weighted by molar-refractivity contribution is -0.142. The average molecular weight is 353 g/mol. The number of ether oxygens (including phenoxy) is 1. The number of hydrogen-bond acceptors (Lipinski definition) is 3. The zero-order chi connectivity index (χ0) is 18.5. The van der Waals surface area contributed by atoms with E-state index < -0.39 is 12.0 Å². The lowest BCUT2D eigenvalue weighted by Gasteiger charge is -2.25. The van der Waals surface area contributed by atoms with Crippen LogP contribution < -0.4 is 10.1 Å². The molecule has 0 aromatic heterocycles. The molecule has 26 heavy (non-hydrogen) atoms. The smallest absolute Gasteiger partial charge is 0.330 e. The maximum absolute atomic E-state index is 12.4. The van der Waals surface area contributed by atoms with Gasteiger partial charge in [0.15, 0.2) is 6.04 Å². The number of aliphatic carboxylic acids is 1. The molecule has 0 radical (unpaired) electrons. The first-order chi connectivity index (χ1) is 12.6. The number of fused-ring (bicyclic) bond motifs is 1. The van der Waals surface area contributed by atoms with Gasteiger partial charge in [-0.15, -0.1) is 0 Å². The third-order valence-electron chi connectivity index (χ3n) is 4.92. The molecule has 136 valence electrons. The summed E-state index contributed by atoms with van der Waals surface area (Å²) >= 11 is 0. The highest BCUT2D eigenvalue weighted by atomic mass is 16.5. The van der Waals surface area contributed by atoms with Gasteiger partial charge < -0.3 is 15.2 Å². The van der Waals surface area contributed by atoms with E-state index in [-0.39, 0.29) is 11.8 Å². The molecule has 2 aromatic carbocycles. The molecule has 0 aliphatic heterocycles. The lowest BCUT2D eigenvalue weighted by Crippen LogP contribution is -2.35. The predicted octanol–water partition coefficient (Wildman–Crippen LogP) is 3.13. The molecule has 1 aliphatic rings. The molecule has 0 fully saturated rings. The summed E-state index contributed by atoms with van der Waals surface area (Å²) in [6.07, 6.45) is 3.12. The van der Waals surface area contributed by atoms with Crippen LogP contribution in [0.25, 0.3) is 0 Å². The zero-order valence-corrected chi connectivity index (χ0v) is 14.8. The van der Waals surface area contributed by atoms with Crippen molar-refractivity contribution in [3.05, 3.63) is 65.2 Å². The van der Waals surface area contributed by atoms with Crippen molar-refractivity contribution in [1.29, 1.82) is 0 Å². The Morgan fingerprint density at radius 2 is 1.85 bits per heavy atom. The van der Waals surface area contributed by atoms with Crippen molar-refractivity contribution in [2.24, 2.45) is 5.92 Å². The zero-order valence-electron chi connectivity index (χ0n) is 14.8. The number of methoxy groups -OCH3 is 1. The van der Waals surface area contributed by atoms with Crippen molar-refractivity contribution in [2.45, 2.75) is 31.7 Å². The molecule has 2 aromatic rings. The Kier molecular flexibility index (Phi) is 5.56. The summed E-state index contributed by atoms with van der Waals surface area (Å²) in [4.78, 5) is 24.0. The summed E-state index contributed by atoms with van der Waals surface area (Å²) in [5.74, 6) is -0.407. The molecule has 0 spiro atoms. The Balaban J connectivity index is 1.62. The second-order valence-electron chi connectivity index (χ2n) is 6.69. The van der Waals surface area contributed by atoms with Crippen LogP contribution in [0.2, 0.25) is 0 Å². The number of aryl methyl sites for hydroxylation is 1. The van der Waals surface area contributed by atoms with Crippen molar-refractivity contribution in [2.75, 3.05) is 7.11 Å². The number of hydrogen-bond donors (Lipinski definition) is 2. The van der Waals surface area contributed by atoms with E-state index in [4.69, 9.17) is 4.74 Å². The molecule has 3 rings (SSSR count). The van der Waals surface area contributed by atoms with Crippen LogP contribution in [0.5, 0.6) is 5.75 Å². The molecule has 2 atom stereocenters. The summed E-state index contributed by atoms with van der Waals surface area (Å²) in [5, 5.41) is 12.2. The number of carboxylic acid groups (broad SMARTS) is 1. The number of benzene rings is 2. The fraction of sp³-hybridized carbons (Fsp3) is 0.333. The quantitative estimate of drug-likeness (QED) is 0.837. The summed E-state index contributed by atoms with van der Waals surface area (Å²) < 4.78 is 5.08. The number of carboxylic acids is 1. The van der Waals surface area contributed by atoms with E-state index in [1.165, 1.54) is 11.1 Å². The minimum atomic E-state index is -1.07. The third-order valence-corrected chi connectivity index (χ3v) is 4.92. The maximum atomic E-state index is 12.4. The van der Waals surface area contributed by atoms with Crippen LogP contribution >= 0.6 is 0 Å². The highest BCUT2D eigenvalue weighted by Gasteiger charge is 2.25. The Hall–Kier alpha value is -2.82. The van der Waals surface area contributed by atoms with Gasteiger partial charge in [0.25, 0.3) is 0 Å². The van der Waals surface area contributed by atoms with Crippen LogP contribution in [-0.4, -0.2) is 24.1 Å². The molecule has 5 nitrogen and oxygen atoms in total.